The molecule has 2 heterocycles. The van der Waals surface area contributed by atoms with E-state index in [4.69, 9.17) is 9.15 Å². The Hall–Kier alpha value is -6.84. The van der Waals surface area contributed by atoms with E-state index in [0.29, 0.717) is 0 Å². The van der Waals surface area contributed by atoms with E-state index in [-0.39, 0.29) is 6.10 Å². The summed E-state index contributed by atoms with van der Waals surface area (Å²) in [7, 11) is 0. The lowest BCUT2D eigenvalue weighted by Gasteiger charge is -2.26. The van der Waals surface area contributed by atoms with Gasteiger partial charge >= 0.3 is 0 Å². The van der Waals surface area contributed by atoms with Gasteiger partial charge < -0.3 is 14.1 Å². The lowest BCUT2D eigenvalue weighted by atomic mass is 9.94. The molecule has 1 atom stereocenters. The number of benzene rings is 8. The van der Waals surface area contributed by atoms with Crippen molar-refractivity contribution >= 4 is 39.0 Å². The lowest BCUT2D eigenvalue weighted by molar-refractivity contribution is 0.177. The van der Waals surface area contributed by atoms with Crippen LogP contribution in [0.4, 0.5) is 17.1 Å². The number of ether oxygens (including phenoxy) is 1. The molecule has 0 spiro atoms. The zero-order chi connectivity index (χ0) is 35.8. The summed E-state index contributed by atoms with van der Waals surface area (Å²) in [5, 5.41) is 2.27. The molecule has 0 saturated heterocycles. The summed E-state index contributed by atoms with van der Waals surface area (Å²) < 4.78 is 13.0. The molecule has 0 amide bonds. The summed E-state index contributed by atoms with van der Waals surface area (Å²) in [6.45, 7) is 0. The Morgan fingerprint density at radius 2 is 0.963 bits per heavy atom. The van der Waals surface area contributed by atoms with Gasteiger partial charge in [-0.3, -0.25) is 0 Å². The van der Waals surface area contributed by atoms with E-state index in [1.807, 2.05) is 6.07 Å². The maximum atomic E-state index is 6.49. The van der Waals surface area contributed by atoms with Gasteiger partial charge in [0.15, 0.2) is 0 Å². The van der Waals surface area contributed by atoms with Crippen molar-refractivity contribution in [3.8, 4) is 39.1 Å². The van der Waals surface area contributed by atoms with Crippen LogP contribution in [0.5, 0.6) is 5.75 Å². The van der Waals surface area contributed by atoms with Crippen LogP contribution in [0.3, 0.4) is 0 Å². The first-order valence-corrected chi connectivity index (χ1v) is 18.7. The van der Waals surface area contributed by atoms with Gasteiger partial charge in [-0.25, -0.2) is 0 Å². The van der Waals surface area contributed by atoms with E-state index in [9.17, 15) is 0 Å². The number of hydrogen-bond donors (Lipinski definition) is 0. The van der Waals surface area contributed by atoms with Gasteiger partial charge in [0.25, 0.3) is 0 Å². The van der Waals surface area contributed by atoms with Gasteiger partial charge in [0.2, 0.25) is 0 Å². The second-order valence-electron chi connectivity index (χ2n) is 14.0. The van der Waals surface area contributed by atoms with E-state index in [1.54, 1.807) is 0 Å². The molecule has 3 heteroatoms. The fourth-order valence-electron chi connectivity index (χ4n) is 7.96. The van der Waals surface area contributed by atoms with E-state index < -0.39 is 0 Å². The Morgan fingerprint density at radius 3 is 1.65 bits per heavy atom. The van der Waals surface area contributed by atoms with Crippen molar-refractivity contribution in [2.24, 2.45) is 0 Å². The molecule has 3 nitrogen and oxygen atoms in total. The molecule has 1 aliphatic rings. The second-order valence-corrected chi connectivity index (χ2v) is 14.0. The Kier molecular flexibility index (Phi) is 8.03. The van der Waals surface area contributed by atoms with Crippen molar-refractivity contribution in [2.45, 2.75) is 18.9 Å². The highest BCUT2D eigenvalue weighted by Crippen LogP contribution is 2.42. The molecule has 0 N–H and O–H groups in total. The molecule has 8 aromatic carbocycles. The fourth-order valence-corrected chi connectivity index (χ4v) is 7.96. The molecule has 54 heavy (non-hydrogen) atoms. The Balaban J connectivity index is 0.949. The number of fused-ring (bicyclic) bond motifs is 4. The fraction of sp³-hybridized carbons (Fsp3) is 0.0588. The maximum absolute atomic E-state index is 6.49. The number of furan rings is 1. The molecule has 1 aromatic heterocycles. The summed E-state index contributed by atoms with van der Waals surface area (Å²) in [5.41, 5.74) is 14.6. The van der Waals surface area contributed by atoms with Crippen molar-refractivity contribution in [1.29, 1.82) is 0 Å². The molecule has 9 aromatic rings. The summed E-state index contributed by atoms with van der Waals surface area (Å²) >= 11 is 0. The Bertz CT molecular complexity index is 2720. The molecule has 1 aliphatic heterocycles. The smallest absolute Gasteiger partial charge is 0.139 e. The van der Waals surface area contributed by atoms with Gasteiger partial charge in [0.05, 0.1) is 0 Å². The van der Waals surface area contributed by atoms with Crippen molar-refractivity contribution in [2.75, 3.05) is 4.90 Å². The van der Waals surface area contributed by atoms with Gasteiger partial charge in [-0.05, 0) is 112 Å². The normalized spacial score (nSPS) is 13.7. The zero-order valence-corrected chi connectivity index (χ0v) is 29.7. The van der Waals surface area contributed by atoms with Crippen molar-refractivity contribution in [3.63, 3.8) is 0 Å². The van der Waals surface area contributed by atoms with Crippen molar-refractivity contribution in [3.05, 3.63) is 205 Å². The number of hydrogen-bond acceptors (Lipinski definition) is 3. The molecule has 0 aliphatic carbocycles. The summed E-state index contributed by atoms with van der Waals surface area (Å²) in [6.07, 6.45) is 2.01. The first-order valence-electron chi connectivity index (χ1n) is 18.7. The van der Waals surface area contributed by atoms with E-state index in [1.165, 1.54) is 33.4 Å². The predicted octanol–water partition coefficient (Wildman–Crippen LogP) is 14.1. The highest BCUT2D eigenvalue weighted by atomic mass is 16.5. The van der Waals surface area contributed by atoms with Crippen LogP contribution in [0.2, 0.25) is 0 Å². The highest BCUT2D eigenvalue weighted by Gasteiger charge is 2.23. The van der Waals surface area contributed by atoms with E-state index >= 15 is 0 Å². The first-order chi connectivity index (χ1) is 26.7. The minimum absolute atomic E-state index is 0.0645. The quantitative estimate of drug-likeness (QED) is 0.166. The average Bonchev–Trinajstić information content (AvgIpc) is 3.61. The highest BCUT2D eigenvalue weighted by molar-refractivity contribution is 6.06. The molecule has 0 fully saturated rings. The van der Waals surface area contributed by atoms with Gasteiger partial charge in [0.1, 0.15) is 23.0 Å². The predicted molar refractivity (Wildman–Crippen MR) is 223 cm³/mol. The van der Waals surface area contributed by atoms with Crippen LogP contribution in [0, 0.1) is 0 Å². The third kappa shape index (κ3) is 5.90. The van der Waals surface area contributed by atoms with Crippen LogP contribution in [-0.4, -0.2) is 0 Å². The molecular formula is C51H37NO2. The van der Waals surface area contributed by atoms with Crippen LogP contribution >= 0.6 is 0 Å². The van der Waals surface area contributed by atoms with Crippen LogP contribution in [0.25, 0.3) is 55.3 Å². The average molecular weight is 696 g/mol. The number of anilines is 3. The Morgan fingerprint density at radius 1 is 0.426 bits per heavy atom. The summed E-state index contributed by atoms with van der Waals surface area (Å²) in [6, 6.07) is 68.9. The second kappa shape index (κ2) is 13.6. The van der Waals surface area contributed by atoms with E-state index in [0.717, 1.165) is 68.7 Å². The molecular weight excluding hydrogens is 659 g/mol. The molecule has 1 unspecified atom stereocenters. The summed E-state index contributed by atoms with van der Waals surface area (Å²) in [5.74, 6) is 0.923. The van der Waals surface area contributed by atoms with Crippen LogP contribution in [0.15, 0.2) is 199 Å². The van der Waals surface area contributed by atoms with Gasteiger partial charge in [-0.1, -0.05) is 133 Å². The molecule has 0 radical (unpaired) electrons. The van der Waals surface area contributed by atoms with Gasteiger partial charge in [0, 0.05) is 33.9 Å². The van der Waals surface area contributed by atoms with Gasteiger partial charge in [-0.2, -0.15) is 0 Å². The topological polar surface area (TPSA) is 25.6 Å². The molecule has 258 valence electrons. The Labute approximate surface area is 315 Å². The molecule has 0 bridgehead atoms. The number of rotatable bonds is 7. The molecule has 0 saturated carbocycles. The molecule has 10 rings (SSSR count). The van der Waals surface area contributed by atoms with Crippen molar-refractivity contribution in [1.82, 2.24) is 0 Å². The standard InChI is InChI=1S/C51H37NO2/c1-4-12-36(13-5-1)44-18-10-11-19-45(44)37-22-28-43(29-23-37)52(41-16-8-3-9-17-41)42-26-20-35(21-27-42)39-24-30-46-47-32-40-25-31-48(38-14-6-2-7-15-38)53-49(40)34-51(47)54-50(46)33-39/h1-24,26-30,32-34,48H,25,31H2. The number of aryl methyl sites for hydroxylation is 1. The van der Waals surface area contributed by atoms with Crippen LogP contribution in [-0.2, 0) is 6.42 Å². The van der Waals surface area contributed by atoms with Crippen molar-refractivity contribution < 1.29 is 9.15 Å². The largest absolute Gasteiger partial charge is 0.485 e. The minimum atomic E-state index is 0.0645. The van der Waals surface area contributed by atoms with Crippen LogP contribution in [0.1, 0.15) is 23.7 Å². The monoisotopic (exact) mass is 695 g/mol. The maximum Gasteiger partial charge on any atom is 0.139 e. The number of para-hydroxylation sites is 1. The first kappa shape index (κ1) is 31.9. The third-order valence-corrected chi connectivity index (χ3v) is 10.7. The van der Waals surface area contributed by atoms with Gasteiger partial charge in [-0.15, -0.1) is 0 Å². The van der Waals surface area contributed by atoms with E-state index in [2.05, 4.69) is 193 Å². The SMILES string of the molecule is c1ccc(-c2ccccc2-c2ccc(N(c3ccccc3)c3ccc(-c4ccc5c(c4)oc4cc6c(cc45)CCC(c4ccccc4)O6)cc3)cc2)cc1. The third-order valence-electron chi connectivity index (χ3n) is 10.7. The zero-order valence-electron chi connectivity index (χ0n) is 29.7. The minimum Gasteiger partial charge on any atom is -0.485 e. The summed E-state index contributed by atoms with van der Waals surface area (Å²) in [4.78, 5) is 2.31. The lowest BCUT2D eigenvalue weighted by Crippen LogP contribution is -2.14. The van der Waals surface area contributed by atoms with Crippen LogP contribution < -0.4 is 9.64 Å². The number of nitrogens with zero attached hydrogens (tertiary/aromatic N) is 1.